The standard InChI is InChI=1S/C21H34N4.HI/c1-21(2,3)17-7-5-16(6-8-17)15-23-20(22-4)24-18-11-13-25(14-12-18)19-9-10-19;/h5-8,18-19H,9-15H2,1-4H3,(H2,22,23,24);1H. The van der Waals surface area contributed by atoms with Crippen LogP contribution in [0.4, 0.5) is 0 Å². The maximum atomic E-state index is 4.40. The molecule has 5 heteroatoms. The number of benzene rings is 1. The highest BCUT2D eigenvalue weighted by atomic mass is 127. The molecule has 1 aromatic carbocycles. The van der Waals surface area contributed by atoms with Crippen molar-refractivity contribution in [2.45, 2.75) is 70.5 Å². The quantitative estimate of drug-likeness (QED) is 0.399. The first-order valence-electron chi connectivity index (χ1n) is 9.76. The molecule has 0 unspecified atom stereocenters. The molecule has 2 aliphatic rings. The minimum atomic E-state index is 0. The summed E-state index contributed by atoms with van der Waals surface area (Å²) in [4.78, 5) is 7.06. The van der Waals surface area contributed by atoms with Gasteiger partial charge in [0.15, 0.2) is 5.96 Å². The Morgan fingerprint density at radius 1 is 1.08 bits per heavy atom. The molecule has 146 valence electrons. The summed E-state index contributed by atoms with van der Waals surface area (Å²) >= 11 is 0. The van der Waals surface area contributed by atoms with Gasteiger partial charge in [-0.2, -0.15) is 0 Å². The summed E-state index contributed by atoms with van der Waals surface area (Å²) in [7, 11) is 1.86. The number of hydrogen-bond acceptors (Lipinski definition) is 2. The zero-order chi connectivity index (χ0) is 17.9. The molecule has 0 atom stereocenters. The molecule has 26 heavy (non-hydrogen) atoms. The van der Waals surface area contributed by atoms with Crippen LogP contribution in [0.15, 0.2) is 29.3 Å². The van der Waals surface area contributed by atoms with Gasteiger partial charge in [0.05, 0.1) is 0 Å². The second-order valence-electron chi connectivity index (χ2n) is 8.56. The molecule has 1 aliphatic carbocycles. The van der Waals surface area contributed by atoms with Gasteiger partial charge < -0.3 is 15.5 Å². The van der Waals surface area contributed by atoms with Gasteiger partial charge in [-0.05, 0) is 42.2 Å². The Kier molecular flexibility index (Phi) is 7.76. The largest absolute Gasteiger partial charge is 0.354 e. The van der Waals surface area contributed by atoms with E-state index in [-0.39, 0.29) is 29.4 Å². The van der Waals surface area contributed by atoms with Crippen LogP contribution in [0.25, 0.3) is 0 Å². The fourth-order valence-electron chi connectivity index (χ4n) is 3.54. The number of hydrogen-bond donors (Lipinski definition) is 2. The molecule has 1 aliphatic heterocycles. The van der Waals surface area contributed by atoms with E-state index in [9.17, 15) is 0 Å². The lowest BCUT2D eigenvalue weighted by Gasteiger charge is -2.33. The van der Waals surface area contributed by atoms with Crippen LogP contribution < -0.4 is 10.6 Å². The first-order valence-corrected chi connectivity index (χ1v) is 9.76. The fourth-order valence-corrected chi connectivity index (χ4v) is 3.54. The van der Waals surface area contributed by atoms with Gasteiger partial charge in [-0.3, -0.25) is 4.99 Å². The van der Waals surface area contributed by atoms with E-state index in [1.54, 1.807) is 0 Å². The minimum Gasteiger partial charge on any atom is -0.354 e. The van der Waals surface area contributed by atoms with E-state index in [0.717, 1.165) is 18.5 Å². The van der Waals surface area contributed by atoms with Crippen LogP contribution >= 0.6 is 24.0 Å². The van der Waals surface area contributed by atoms with Crippen LogP contribution in [0.3, 0.4) is 0 Å². The van der Waals surface area contributed by atoms with Crippen LogP contribution in [-0.4, -0.2) is 43.1 Å². The van der Waals surface area contributed by atoms with Gasteiger partial charge in [0.2, 0.25) is 0 Å². The summed E-state index contributed by atoms with van der Waals surface area (Å²) in [6.45, 7) is 10.0. The van der Waals surface area contributed by atoms with Gasteiger partial charge in [0.1, 0.15) is 0 Å². The van der Waals surface area contributed by atoms with E-state index in [1.165, 1.54) is 49.9 Å². The van der Waals surface area contributed by atoms with Crippen molar-refractivity contribution in [1.82, 2.24) is 15.5 Å². The molecule has 0 spiro atoms. The molecule has 1 saturated heterocycles. The highest BCUT2D eigenvalue weighted by molar-refractivity contribution is 14.0. The van der Waals surface area contributed by atoms with E-state index in [2.05, 4.69) is 65.6 Å². The van der Waals surface area contributed by atoms with Gasteiger partial charge in [0.25, 0.3) is 0 Å². The average molecular weight is 470 g/mol. The van der Waals surface area contributed by atoms with Gasteiger partial charge in [-0.15, -0.1) is 24.0 Å². The molecule has 1 heterocycles. The van der Waals surface area contributed by atoms with Crippen LogP contribution in [0.1, 0.15) is 57.6 Å². The molecule has 0 radical (unpaired) electrons. The fraction of sp³-hybridized carbons (Fsp3) is 0.667. The third-order valence-electron chi connectivity index (χ3n) is 5.44. The lowest BCUT2D eigenvalue weighted by Crippen LogP contribution is -2.48. The van der Waals surface area contributed by atoms with Crippen molar-refractivity contribution in [3.63, 3.8) is 0 Å². The second kappa shape index (κ2) is 9.40. The summed E-state index contributed by atoms with van der Waals surface area (Å²) in [6, 6.07) is 10.4. The number of aliphatic imine (C=N–C) groups is 1. The number of guanidine groups is 1. The van der Waals surface area contributed by atoms with E-state index >= 15 is 0 Å². The Morgan fingerprint density at radius 2 is 1.69 bits per heavy atom. The Bertz CT molecular complexity index is 579. The third-order valence-corrected chi connectivity index (χ3v) is 5.44. The lowest BCUT2D eigenvalue weighted by molar-refractivity contribution is 0.197. The maximum Gasteiger partial charge on any atom is 0.191 e. The SMILES string of the molecule is CN=C(NCc1ccc(C(C)(C)C)cc1)NC1CCN(C2CC2)CC1.I. The number of likely N-dealkylation sites (tertiary alicyclic amines) is 1. The lowest BCUT2D eigenvalue weighted by atomic mass is 9.87. The molecule has 1 aromatic rings. The monoisotopic (exact) mass is 470 g/mol. The average Bonchev–Trinajstić information content (AvgIpc) is 3.44. The van der Waals surface area contributed by atoms with Gasteiger partial charge in [-0.25, -0.2) is 0 Å². The maximum absolute atomic E-state index is 4.40. The first kappa shape index (κ1) is 21.5. The van der Waals surface area contributed by atoms with Crippen molar-refractivity contribution in [2.75, 3.05) is 20.1 Å². The first-order chi connectivity index (χ1) is 12.0. The molecule has 1 saturated carbocycles. The van der Waals surface area contributed by atoms with Crippen molar-refractivity contribution in [1.29, 1.82) is 0 Å². The van der Waals surface area contributed by atoms with Crippen LogP contribution in [0.2, 0.25) is 0 Å². The molecule has 0 aromatic heterocycles. The number of nitrogens with zero attached hydrogens (tertiary/aromatic N) is 2. The van der Waals surface area contributed by atoms with Crippen molar-refractivity contribution >= 4 is 29.9 Å². The predicted molar refractivity (Wildman–Crippen MR) is 122 cm³/mol. The molecule has 4 nitrogen and oxygen atoms in total. The van der Waals surface area contributed by atoms with Crippen molar-refractivity contribution in [3.05, 3.63) is 35.4 Å². The highest BCUT2D eigenvalue weighted by Gasteiger charge is 2.31. The van der Waals surface area contributed by atoms with Gasteiger partial charge in [-0.1, -0.05) is 45.0 Å². The zero-order valence-corrected chi connectivity index (χ0v) is 19.0. The van der Waals surface area contributed by atoms with Crippen LogP contribution in [-0.2, 0) is 12.0 Å². The summed E-state index contributed by atoms with van der Waals surface area (Å²) < 4.78 is 0. The molecular weight excluding hydrogens is 435 g/mol. The number of piperidine rings is 1. The second-order valence-corrected chi connectivity index (χ2v) is 8.56. The summed E-state index contributed by atoms with van der Waals surface area (Å²) in [5.41, 5.74) is 2.87. The normalized spacial score (nSPS) is 19.8. The van der Waals surface area contributed by atoms with E-state index in [4.69, 9.17) is 0 Å². The molecular formula is C21H35IN4. The van der Waals surface area contributed by atoms with E-state index in [1.807, 2.05) is 7.05 Å². The Hall–Kier alpha value is -0.820. The topological polar surface area (TPSA) is 39.7 Å². The summed E-state index contributed by atoms with van der Waals surface area (Å²) in [5.74, 6) is 0.921. The van der Waals surface area contributed by atoms with Gasteiger partial charge >= 0.3 is 0 Å². The summed E-state index contributed by atoms with van der Waals surface area (Å²) in [5, 5.41) is 7.07. The predicted octanol–water partition coefficient (Wildman–Crippen LogP) is 3.89. The minimum absolute atomic E-state index is 0. The highest BCUT2D eigenvalue weighted by Crippen LogP contribution is 2.29. The number of rotatable bonds is 4. The van der Waals surface area contributed by atoms with Crippen molar-refractivity contribution in [3.8, 4) is 0 Å². The van der Waals surface area contributed by atoms with Crippen LogP contribution in [0.5, 0.6) is 0 Å². The molecule has 2 N–H and O–H groups in total. The smallest absolute Gasteiger partial charge is 0.191 e. The molecule has 0 amide bonds. The molecule has 0 bridgehead atoms. The van der Waals surface area contributed by atoms with Crippen LogP contribution in [0, 0.1) is 0 Å². The Labute approximate surface area is 176 Å². The Morgan fingerprint density at radius 3 is 2.19 bits per heavy atom. The van der Waals surface area contributed by atoms with Crippen molar-refractivity contribution < 1.29 is 0 Å². The van der Waals surface area contributed by atoms with E-state index in [0.29, 0.717) is 6.04 Å². The Balaban J connectivity index is 0.00000243. The third kappa shape index (κ3) is 6.12. The zero-order valence-electron chi connectivity index (χ0n) is 16.7. The molecule has 3 rings (SSSR count). The number of nitrogens with one attached hydrogen (secondary N) is 2. The van der Waals surface area contributed by atoms with Gasteiger partial charge in [0, 0.05) is 38.8 Å². The molecule has 2 fully saturated rings. The van der Waals surface area contributed by atoms with E-state index < -0.39 is 0 Å². The van der Waals surface area contributed by atoms with Crippen molar-refractivity contribution in [2.24, 2.45) is 4.99 Å². The summed E-state index contributed by atoms with van der Waals surface area (Å²) in [6.07, 6.45) is 5.26. The number of halogens is 1.